The van der Waals surface area contributed by atoms with Crippen LogP contribution in [0.5, 0.6) is 0 Å². The van der Waals surface area contributed by atoms with Gasteiger partial charge in [-0.15, -0.1) is 0 Å². The molecule has 0 saturated carbocycles. The van der Waals surface area contributed by atoms with E-state index < -0.39 is 5.91 Å². The number of anilines is 1. The van der Waals surface area contributed by atoms with E-state index in [1.165, 1.54) is 6.08 Å². The summed E-state index contributed by atoms with van der Waals surface area (Å²) in [7, 11) is 1.84. The fourth-order valence-electron chi connectivity index (χ4n) is 3.47. The fourth-order valence-corrected chi connectivity index (χ4v) is 3.47. The number of aromatic nitrogens is 3. The second-order valence-corrected chi connectivity index (χ2v) is 7.36. The van der Waals surface area contributed by atoms with Crippen molar-refractivity contribution in [2.45, 2.75) is 0 Å². The highest BCUT2D eigenvalue weighted by Crippen LogP contribution is 2.23. The maximum absolute atomic E-state index is 12.7. The van der Waals surface area contributed by atoms with Gasteiger partial charge in [0.25, 0.3) is 11.8 Å². The van der Waals surface area contributed by atoms with Crippen LogP contribution in [0.25, 0.3) is 17.2 Å². The van der Waals surface area contributed by atoms with E-state index in [-0.39, 0.29) is 5.91 Å². The zero-order chi connectivity index (χ0) is 22.5. The number of benzene rings is 1. The van der Waals surface area contributed by atoms with E-state index >= 15 is 0 Å². The molecule has 0 unspecified atom stereocenters. The zero-order valence-electron chi connectivity index (χ0n) is 17.7. The molecule has 0 aliphatic carbocycles. The van der Waals surface area contributed by atoms with E-state index in [1.54, 1.807) is 58.5 Å². The van der Waals surface area contributed by atoms with Crippen molar-refractivity contribution in [1.29, 1.82) is 0 Å². The van der Waals surface area contributed by atoms with Gasteiger partial charge in [0.05, 0.1) is 25.1 Å². The molecular weight excluding hydrogens is 408 g/mol. The lowest BCUT2D eigenvalue weighted by molar-refractivity contribution is -0.114. The molecule has 2 amide bonds. The first-order valence-electron chi connectivity index (χ1n) is 10.2. The molecule has 3 heterocycles. The number of rotatable bonds is 5. The Labute approximate surface area is 185 Å². The number of pyridine rings is 1. The predicted molar refractivity (Wildman–Crippen MR) is 120 cm³/mol. The van der Waals surface area contributed by atoms with Crippen LogP contribution in [-0.4, -0.2) is 57.8 Å². The Balaban J connectivity index is 1.50. The number of nitrogens with zero attached hydrogens (tertiary/aromatic N) is 5. The quantitative estimate of drug-likeness (QED) is 0.286. The molecule has 1 aliphatic rings. The molecule has 9 nitrogen and oxygen atoms in total. The molecule has 0 atom stereocenters. The van der Waals surface area contributed by atoms with Crippen LogP contribution in [0.3, 0.4) is 0 Å². The van der Waals surface area contributed by atoms with Crippen molar-refractivity contribution in [3.63, 3.8) is 0 Å². The molecule has 9 heteroatoms. The summed E-state index contributed by atoms with van der Waals surface area (Å²) in [4.78, 5) is 31.3. The smallest absolute Gasteiger partial charge is 0.265 e. The number of amides is 2. The Morgan fingerprint density at radius 1 is 1.19 bits per heavy atom. The van der Waals surface area contributed by atoms with Gasteiger partial charge >= 0.3 is 0 Å². The minimum absolute atomic E-state index is 0.108. The second kappa shape index (κ2) is 9.54. The molecule has 164 valence electrons. The standard InChI is InChI=1S/C23H24N6O3/c1-27-16-19(15-26-27)21-7-8-25-14-18(21)5-6-22(30)29(24)20-4-2-3-17(13-20)23(31)28-9-11-32-12-10-28/h2-8,13-16H,9-12,24H2,1H3/b6-5+. The SMILES string of the molecule is Cn1cc(-c2ccncc2/C=C/C(=O)N(N)c2cccc(C(=O)N3CCOCC3)c2)cn1. The molecule has 2 aromatic heterocycles. The first kappa shape index (κ1) is 21.4. The van der Waals surface area contributed by atoms with E-state index in [2.05, 4.69) is 10.1 Å². The minimum Gasteiger partial charge on any atom is -0.378 e. The molecule has 1 aliphatic heterocycles. The summed E-state index contributed by atoms with van der Waals surface area (Å²) in [5.41, 5.74) is 3.48. The van der Waals surface area contributed by atoms with Gasteiger partial charge in [-0.1, -0.05) is 6.07 Å². The Hall–Kier alpha value is -3.82. The lowest BCUT2D eigenvalue weighted by Crippen LogP contribution is -2.41. The lowest BCUT2D eigenvalue weighted by atomic mass is 10.0. The largest absolute Gasteiger partial charge is 0.378 e. The van der Waals surface area contributed by atoms with Crippen LogP contribution in [0.4, 0.5) is 5.69 Å². The van der Waals surface area contributed by atoms with Crippen molar-refractivity contribution < 1.29 is 14.3 Å². The normalized spacial score (nSPS) is 14.0. The van der Waals surface area contributed by atoms with E-state index in [9.17, 15) is 9.59 Å². The van der Waals surface area contributed by atoms with Crippen molar-refractivity contribution >= 4 is 23.6 Å². The summed E-state index contributed by atoms with van der Waals surface area (Å²) in [6.45, 7) is 2.13. The molecule has 0 radical (unpaired) electrons. The summed E-state index contributed by atoms with van der Waals surface area (Å²) in [6, 6.07) is 8.59. The predicted octanol–water partition coefficient (Wildman–Crippen LogP) is 1.87. The zero-order valence-corrected chi connectivity index (χ0v) is 17.7. The van der Waals surface area contributed by atoms with Gasteiger partial charge in [0, 0.05) is 61.5 Å². The number of hydrazine groups is 1. The topological polar surface area (TPSA) is 107 Å². The third-order valence-electron chi connectivity index (χ3n) is 5.18. The third-order valence-corrected chi connectivity index (χ3v) is 5.18. The summed E-state index contributed by atoms with van der Waals surface area (Å²) in [5, 5.41) is 5.21. The summed E-state index contributed by atoms with van der Waals surface area (Å²) in [5.74, 6) is 5.52. The van der Waals surface area contributed by atoms with E-state index in [0.717, 1.165) is 21.7 Å². The van der Waals surface area contributed by atoms with Crippen molar-refractivity contribution in [2.24, 2.45) is 12.9 Å². The maximum atomic E-state index is 12.7. The number of nitrogens with two attached hydrogens (primary N) is 1. The van der Waals surface area contributed by atoms with Crippen LogP contribution >= 0.6 is 0 Å². The number of morpholine rings is 1. The highest BCUT2D eigenvalue weighted by atomic mass is 16.5. The molecule has 1 saturated heterocycles. The van der Waals surface area contributed by atoms with Gasteiger partial charge < -0.3 is 9.64 Å². The van der Waals surface area contributed by atoms with E-state index in [0.29, 0.717) is 37.6 Å². The van der Waals surface area contributed by atoms with Crippen molar-refractivity contribution in [3.05, 3.63) is 72.3 Å². The van der Waals surface area contributed by atoms with E-state index in [1.807, 2.05) is 19.3 Å². The molecule has 1 aromatic carbocycles. The summed E-state index contributed by atoms with van der Waals surface area (Å²) >= 11 is 0. The maximum Gasteiger partial charge on any atom is 0.265 e. The van der Waals surface area contributed by atoms with Gasteiger partial charge in [-0.25, -0.2) is 10.9 Å². The Morgan fingerprint density at radius 2 is 2.00 bits per heavy atom. The van der Waals surface area contributed by atoms with E-state index in [4.69, 9.17) is 10.6 Å². The third kappa shape index (κ3) is 4.74. The van der Waals surface area contributed by atoms with Crippen LogP contribution in [0.2, 0.25) is 0 Å². The average Bonchev–Trinajstić information content (AvgIpc) is 3.28. The summed E-state index contributed by atoms with van der Waals surface area (Å²) in [6.07, 6.45) is 10.1. The molecule has 1 fully saturated rings. The van der Waals surface area contributed by atoms with Gasteiger partial charge in [0.2, 0.25) is 0 Å². The Bertz CT molecular complexity index is 1150. The van der Waals surface area contributed by atoms with Crippen LogP contribution in [0.15, 0.2) is 61.2 Å². The van der Waals surface area contributed by atoms with Crippen LogP contribution in [0, 0.1) is 0 Å². The number of carbonyl (C=O) groups excluding carboxylic acids is 2. The van der Waals surface area contributed by atoms with Crippen molar-refractivity contribution in [2.75, 3.05) is 31.3 Å². The molecule has 4 rings (SSSR count). The first-order valence-corrected chi connectivity index (χ1v) is 10.2. The average molecular weight is 432 g/mol. The van der Waals surface area contributed by atoms with Crippen molar-refractivity contribution in [3.8, 4) is 11.1 Å². The summed E-state index contributed by atoms with van der Waals surface area (Å²) < 4.78 is 7.01. The highest BCUT2D eigenvalue weighted by molar-refractivity contribution is 6.04. The minimum atomic E-state index is -0.429. The van der Waals surface area contributed by atoms with Crippen LogP contribution < -0.4 is 10.9 Å². The van der Waals surface area contributed by atoms with Gasteiger partial charge in [-0.05, 0) is 35.9 Å². The molecule has 0 spiro atoms. The molecule has 0 bridgehead atoms. The number of hydrogen-bond acceptors (Lipinski definition) is 6. The Kier molecular flexibility index (Phi) is 6.39. The first-order chi connectivity index (χ1) is 15.5. The molecule has 2 N–H and O–H groups in total. The molecular formula is C23H24N6O3. The van der Waals surface area contributed by atoms with Gasteiger partial charge in [0.15, 0.2) is 0 Å². The van der Waals surface area contributed by atoms with Gasteiger partial charge in [-0.3, -0.25) is 19.3 Å². The number of carbonyl (C=O) groups is 2. The second-order valence-electron chi connectivity index (χ2n) is 7.36. The van der Waals surface area contributed by atoms with Gasteiger partial charge in [0.1, 0.15) is 0 Å². The number of ether oxygens (including phenoxy) is 1. The van der Waals surface area contributed by atoms with Crippen molar-refractivity contribution in [1.82, 2.24) is 19.7 Å². The van der Waals surface area contributed by atoms with Crippen LogP contribution in [0.1, 0.15) is 15.9 Å². The Morgan fingerprint density at radius 3 is 2.75 bits per heavy atom. The number of hydrogen-bond donors (Lipinski definition) is 1. The molecule has 3 aromatic rings. The van der Waals surface area contributed by atoms with Crippen LogP contribution in [-0.2, 0) is 16.6 Å². The highest BCUT2D eigenvalue weighted by Gasteiger charge is 2.19. The lowest BCUT2D eigenvalue weighted by Gasteiger charge is -2.27. The fraction of sp³-hybridized carbons (Fsp3) is 0.217. The van der Waals surface area contributed by atoms with Gasteiger partial charge in [-0.2, -0.15) is 5.10 Å². The monoisotopic (exact) mass is 432 g/mol. The molecule has 32 heavy (non-hydrogen) atoms. The number of aryl methyl sites for hydroxylation is 1.